The topological polar surface area (TPSA) is 52.5 Å². The minimum Gasteiger partial charge on any atom is -0.278 e. The normalized spacial score (nSPS) is 10.7. The molecule has 2 aromatic rings. The number of aromatic nitrogens is 2. The summed E-state index contributed by atoms with van der Waals surface area (Å²) >= 11 is 0. The molecule has 70 valence electrons. The Morgan fingerprint density at radius 3 is 2.86 bits per heavy atom. The van der Waals surface area contributed by atoms with Gasteiger partial charge in [0, 0.05) is 5.39 Å². The van der Waals surface area contributed by atoms with Gasteiger partial charge in [-0.15, -0.1) is 0 Å². The van der Waals surface area contributed by atoms with Crippen molar-refractivity contribution in [2.24, 2.45) is 0 Å². The summed E-state index contributed by atoms with van der Waals surface area (Å²) in [4.78, 5) is 0. The van der Waals surface area contributed by atoms with E-state index in [0.717, 1.165) is 22.0 Å². The van der Waals surface area contributed by atoms with Crippen LogP contribution in [0.15, 0.2) is 18.3 Å². The monoisotopic (exact) mass is 185 g/mol. The molecule has 3 heteroatoms. The first-order valence-corrected chi connectivity index (χ1v) is 4.60. The van der Waals surface area contributed by atoms with Crippen molar-refractivity contribution < 1.29 is 0 Å². The first kappa shape index (κ1) is 8.76. The van der Waals surface area contributed by atoms with E-state index in [-0.39, 0.29) is 0 Å². The van der Waals surface area contributed by atoms with Crippen LogP contribution in [0.3, 0.4) is 0 Å². The van der Waals surface area contributed by atoms with E-state index in [1.54, 1.807) is 6.20 Å². The second kappa shape index (κ2) is 3.15. The largest absolute Gasteiger partial charge is 0.278 e. The molecule has 0 aliphatic rings. The van der Waals surface area contributed by atoms with E-state index in [4.69, 9.17) is 5.26 Å². The van der Waals surface area contributed by atoms with Crippen molar-refractivity contribution in [1.29, 1.82) is 5.26 Å². The lowest BCUT2D eigenvalue weighted by molar-refractivity contribution is 0.872. The number of nitrogens with one attached hydrogen (secondary N) is 1. The zero-order valence-corrected chi connectivity index (χ0v) is 8.20. The fourth-order valence-electron chi connectivity index (χ4n) is 1.76. The lowest BCUT2D eigenvalue weighted by Crippen LogP contribution is -1.93. The predicted octanol–water partition coefficient (Wildman–Crippen LogP) is 2.56. The van der Waals surface area contributed by atoms with Gasteiger partial charge in [0.05, 0.1) is 23.3 Å². The Morgan fingerprint density at radius 1 is 1.43 bits per heavy atom. The van der Waals surface area contributed by atoms with E-state index in [1.165, 1.54) is 0 Å². The van der Waals surface area contributed by atoms with Crippen molar-refractivity contribution in [3.63, 3.8) is 0 Å². The van der Waals surface area contributed by atoms with E-state index in [9.17, 15) is 0 Å². The van der Waals surface area contributed by atoms with Gasteiger partial charge in [-0.25, -0.2) is 0 Å². The van der Waals surface area contributed by atoms with Crippen LogP contribution >= 0.6 is 0 Å². The highest BCUT2D eigenvalue weighted by atomic mass is 15.1. The van der Waals surface area contributed by atoms with Gasteiger partial charge in [0.1, 0.15) is 0 Å². The first-order valence-electron chi connectivity index (χ1n) is 4.60. The summed E-state index contributed by atoms with van der Waals surface area (Å²) in [5.41, 5.74) is 2.82. The van der Waals surface area contributed by atoms with E-state index in [2.05, 4.69) is 30.1 Å². The molecular formula is C11H11N3. The Hall–Kier alpha value is -1.82. The summed E-state index contributed by atoms with van der Waals surface area (Å²) in [7, 11) is 0. The van der Waals surface area contributed by atoms with Crippen molar-refractivity contribution in [3.05, 3.63) is 29.5 Å². The van der Waals surface area contributed by atoms with Crippen LogP contribution in [0.25, 0.3) is 10.9 Å². The summed E-state index contributed by atoms with van der Waals surface area (Å²) in [6.45, 7) is 4.17. The van der Waals surface area contributed by atoms with Crippen molar-refractivity contribution in [3.8, 4) is 6.07 Å². The van der Waals surface area contributed by atoms with Crippen LogP contribution in [0.2, 0.25) is 0 Å². The maximum atomic E-state index is 8.98. The molecule has 0 saturated heterocycles. The number of nitriles is 1. The maximum absolute atomic E-state index is 8.98. The number of hydrogen-bond donors (Lipinski definition) is 1. The molecule has 0 fully saturated rings. The third-order valence-corrected chi connectivity index (χ3v) is 2.36. The first-order chi connectivity index (χ1) is 6.74. The molecule has 1 aromatic carbocycles. The predicted molar refractivity (Wildman–Crippen MR) is 54.9 cm³/mol. The van der Waals surface area contributed by atoms with Crippen LogP contribution in [0.1, 0.15) is 30.9 Å². The molecule has 0 amide bonds. The molecule has 14 heavy (non-hydrogen) atoms. The van der Waals surface area contributed by atoms with Crippen LogP contribution in [0, 0.1) is 11.3 Å². The Morgan fingerprint density at radius 2 is 2.21 bits per heavy atom. The number of benzene rings is 1. The standard InChI is InChI=1S/C11H11N3/c1-7(2)11-8(5-12)3-4-10-9(11)6-13-14-10/h3-4,6-7H,1-2H3,(H,13,14). The molecule has 1 aromatic heterocycles. The molecule has 0 atom stereocenters. The molecule has 0 radical (unpaired) electrons. The summed E-state index contributed by atoms with van der Waals surface area (Å²) in [5.74, 6) is 0.339. The average molecular weight is 185 g/mol. The van der Waals surface area contributed by atoms with Crippen molar-refractivity contribution in [1.82, 2.24) is 10.2 Å². The molecule has 0 aliphatic heterocycles. The molecule has 2 rings (SSSR count). The van der Waals surface area contributed by atoms with Crippen LogP contribution in [-0.4, -0.2) is 10.2 Å². The van der Waals surface area contributed by atoms with Gasteiger partial charge in [0.25, 0.3) is 0 Å². The third kappa shape index (κ3) is 1.16. The Labute approximate surface area is 82.4 Å². The van der Waals surface area contributed by atoms with Crippen molar-refractivity contribution in [2.45, 2.75) is 19.8 Å². The van der Waals surface area contributed by atoms with Crippen LogP contribution in [-0.2, 0) is 0 Å². The lowest BCUT2D eigenvalue weighted by Gasteiger charge is -2.08. The van der Waals surface area contributed by atoms with E-state index in [1.807, 2.05) is 12.1 Å². The third-order valence-electron chi connectivity index (χ3n) is 2.36. The second-order valence-corrected chi connectivity index (χ2v) is 3.62. The van der Waals surface area contributed by atoms with Gasteiger partial charge in [0.15, 0.2) is 0 Å². The molecule has 1 heterocycles. The summed E-state index contributed by atoms with van der Waals surface area (Å²) < 4.78 is 0. The molecule has 0 bridgehead atoms. The van der Waals surface area contributed by atoms with Gasteiger partial charge >= 0.3 is 0 Å². The number of rotatable bonds is 1. The quantitative estimate of drug-likeness (QED) is 0.742. The lowest BCUT2D eigenvalue weighted by atomic mass is 9.94. The number of hydrogen-bond acceptors (Lipinski definition) is 2. The van der Waals surface area contributed by atoms with Crippen LogP contribution in [0.5, 0.6) is 0 Å². The van der Waals surface area contributed by atoms with Crippen LogP contribution in [0.4, 0.5) is 0 Å². The van der Waals surface area contributed by atoms with Crippen LogP contribution < -0.4 is 0 Å². The molecule has 0 spiro atoms. The Balaban J connectivity index is 2.84. The maximum Gasteiger partial charge on any atom is 0.0994 e. The molecule has 1 N–H and O–H groups in total. The van der Waals surface area contributed by atoms with Crippen molar-refractivity contribution >= 4 is 10.9 Å². The fraction of sp³-hybridized carbons (Fsp3) is 0.273. The molecule has 0 saturated carbocycles. The van der Waals surface area contributed by atoms with E-state index >= 15 is 0 Å². The zero-order valence-electron chi connectivity index (χ0n) is 8.20. The highest BCUT2D eigenvalue weighted by molar-refractivity contribution is 5.84. The van der Waals surface area contributed by atoms with Gasteiger partial charge < -0.3 is 0 Å². The fourth-order valence-corrected chi connectivity index (χ4v) is 1.76. The Kier molecular flexibility index (Phi) is 1.97. The highest BCUT2D eigenvalue weighted by Gasteiger charge is 2.11. The summed E-state index contributed by atoms with van der Waals surface area (Å²) in [5, 5.41) is 16.9. The van der Waals surface area contributed by atoms with Crippen molar-refractivity contribution in [2.75, 3.05) is 0 Å². The highest BCUT2D eigenvalue weighted by Crippen LogP contribution is 2.27. The van der Waals surface area contributed by atoms with Gasteiger partial charge in [-0.2, -0.15) is 10.4 Å². The Bertz CT molecular complexity index is 503. The minimum absolute atomic E-state index is 0.339. The zero-order chi connectivity index (χ0) is 10.1. The number of aromatic amines is 1. The SMILES string of the molecule is CC(C)c1c(C#N)ccc2[nH]ncc12. The minimum atomic E-state index is 0.339. The molecule has 3 nitrogen and oxygen atoms in total. The smallest absolute Gasteiger partial charge is 0.0994 e. The van der Waals surface area contributed by atoms with E-state index in [0.29, 0.717) is 5.92 Å². The molecule has 0 aliphatic carbocycles. The number of H-pyrrole nitrogens is 1. The summed E-state index contributed by atoms with van der Waals surface area (Å²) in [6.07, 6.45) is 1.78. The molecular weight excluding hydrogens is 174 g/mol. The number of nitrogens with zero attached hydrogens (tertiary/aromatic N) is 2. The second-order valence-electron chi connectivity index (χ2n) is 3.62. The van der Waals surface area contributed by atoms with Gasteiger partial charge in [-0.1, -0.05) is 13.8 Å². The van der Waals surface area contributed by atoms with E-state index < -0.39 is 0 Å². The average Bonchev–Trinajstić information content (AvgIpc) is 2.62. The van der Waals surface area contributed by atoms with Gasteiger partial charge in [0.2, 0.25) is 0 Å². The van der Waals surface area contributed by atoms with Gasteiger partial charge in [-0.05, 0) is 23.6 Å². The molecule has 0 unspecified atom stereocenters. The summed E-state index contributed by atoms with van der Waals surface area (Å²) in [6, 6.07) is 5.96. The van der Waals surface area contributed by atoms with Gasteiger partial charge in [-0.3, -0.25) is 5.10 Å². The number of fused-ring (bicyclic) bond motifs is 1.